The molecule has 0 aliphatic rings. The van der Waals surface area contributed by atoms with Crippen molar-refractivity contribution in [2.75, 3.05) is 6.16 Å². The maximum atomic E-state index is 14.0. The highest BCUT2D eigenvalue weighted by atomic mass is 127. The Hall–Kier alpha value is -1.43. The first-order valence-electron chi connectivity index (χ1n) is 8.75. The van der Waals surface area contributed by atoms with Crippen molar-refractivity contribution in [3.05, 3.63) is 60.7 Å². The number of benzene rings is 2. The lowest BCUT2D eigenvalue weighted by Gasteiger charge is -2.34. The molecule has 2 aromatic rings. The number of halogens is 10. The fourth-order valence-electron chi connectivity index (χ4n) is 2.33. The molecule has 0 aliphatic carbocycles. The number of hydrogen-bond acceptors (Lipinski definition) is 2. The van der Waals surface area contributed by atoms with Gasteiger partial charge in [0.1, 0.15) is 11.5 Å². The second-order valence-corrected chi connectivity index (χ2v) is 9.63. The van der Waals surface area contributed by atoms with E-state index >= 15 is 0 Å². The number of hydrogen-bond donors (Lipinski definition) is 0. The zero-order valence-electron chi connectivity index (χ0n) is 15.8. The van der Waals surface area contributed by atoms with Gasteiger partial charge < -0.3 is 9.05 Å². The molecule has 2 nitrogen and oxygen atoms in total. The smallest absolute Gasteiger partial charge is 0.439 e. The first kappa shape index (κ1) is 26.8. The topological polar surface area (TPSA) is 18.5 Å². The summed E-state index contributed by atoms with van der Waals surface area (Å²) >= 11 is 1.27. The predicted octanol–water partition coefficient (Wildman–Crippen LogP) is 8.12. The van der Waals surface area contributed by atoms with Crippen LogP contribution in [-0.4, -0.2) is 34.0 Å². The third-order valence-electron chi connectivity index (χ3n) is 3.94. The molecule has 1 atom stereocenters. The molecule has 2 rings (SSSR count). The van der Waals surface area contributed by atoms with Crippen LogP contribution in [0.5, 0.6) is 11.5 Å². The minimum atomic E-state index is -6.91. The quantitative estimate of drug-likeness (QED) is 0.118. The van der Waals surface area contributed by atoms with E-state index in [1.165, 1.54) is 46.9 Å². The molecule has 0 N–H and O–H groups in total. The van der Waals surface area contributed by atoms with Crippen LogP contribution in [0.2, 0.25) is 0 Å². The summed E-state index contributed by atoms with van der Waals surface area (Å²) in [6, 6.07) is 15.8. The van der Waals surface area contributed by atoms with Crippen LogP contribution in [0.3, 0.4) is 0 Å². The molecule has 2 aromatic carbocycles. The maximum absolute atomic E-state index is 14.0. The largest absolute Gasteiger partial charge is 0.460 e. The summed E-state index contributed by atoms with van der Waals surface area (Å²) < 4.78 is 128. The van der Waals surface area contributed by atoms with E-state index in [1.54, 1.807) is 36.4 Å². The summed E-state index contributed by atoms with van der Waals surface area (Å²) in [7, 11) is -2.09. The van der Waals surface area contributed by atoms with Crippen molar-refractivity contribution < 1.29 is 48.6 Å². The first-order valence-corrected chi connectivity index (χ1v) is 11.4. The molecule has 178 valence electrons. The van der Waals surface area contributed by atoms with Crippen LogP contribution in [0.1, 0.15) is 6.42 Å². The van der Waals surface area contributed by atoms with Gasteiger partial charge in [-0.1, -0.05) is 59.0 Å². The van der Waals surface area contributed by atoms with Crippen LogP contribution in [0.25, 0.3) is 0 Å². The van der Waals surface area contributed by atoms with Gasteiger partial charge in [-0.05, 0) is 24.3 Å². The molecule has 1 unspecified atom stereocenters. The summed E-state index contributed by atoms with van der Waals surface area (Å²) in [5, 5.41) is 0. The monoisotopic (exact) mass is 604 g/mol. The Balaban J connectivity index is 2.18. The van der Waals surface area contributed by atoms with Gasteiger partial charge in [0.05, 0.1) is 6.16 Å². The van der Waals surface area contributed by atoms with E-state index in [9.17, 15) is 39.5 Å². The summed E-state index contributed by atoms with van der Waals surface area (Å²) in [5.74, 6) is -18.7. The Morgan fingerprint density at radius 2 is 1.09 bits per heavy atom. The fourth-order valence-corrected chi connectivity index (χ4v) is 5.20. The van der Waals surface area contributed by atoms with Crippen molar-refractivity contribution in [2.45, 2.75) is 34.3 Å². The van der Waals surface area contributed by atoms with Crippen LogP contribution in [0, 0.1) is 0 Å². The van der Waals surface area contributed by atoms with E-state index in [0.717, 1.165) is 0 Å². The zero-order valence-corrected chi connectivity index (χ0v) is 18.9. The molecule has 0 amide bonds. The lowest BCUT2D eigenvalue weighted by Crippen LogP contribution is -2.61. The van der Waals surface area contributed by atoms with E-state index in [4.69, 9.17) is 9.05 Å². The van der Waals surface area contributed by atoms with E-state index in [1.807, 2.05) is 0 Å². The van der Waals surface area contributed by atoms with Gasteiger partial charge in [-0.15, -0.1) is 0 Å². The average molecular weight is 604 g/mol. The third kappa shape index (κ3) is 6.33. The molecule has 0 radical (unpaired) electrons. The van der Waals surface area contributed by atoms with Crippen LogP contribution < -0.4 is 9.05 Å². The van der Waals surface area contributed by atoms with Gasteiger partial charge in [-0.2, -0.15) is 39.5 Å². The van der Waals surface area contributed by atoms with Gasteiger partial charge in [0.2, 0.25) is 0 Å². The average Bonchev–Trinajstić information content (AvgIpc) is 2.67. The normalized spacial score (nSPS) is 14.3. The Morgan fingerprint density at radius 3 is 1.47 bits per heavy atom. The number of rotatable bonds is 10. The van der Waals surface area contributed by atoms with Crippen LogP contribution >= 0.6 is 31.0 Å². The molecule has 32 heavy (non-hydrogen) atoms. The highest BCUT2D eigenvalue weighted by molar-refractivity contribution is 14.1. The molecule has 0 spiro atoms. The van der Waals surface area contributed by atoms with Crippen molar-refractivity contribution in [1.82, 2.24) is 0 Å². The molecular formula is C19H15F9IO2P. The molecule has 0 fully saturated rings. The zero-order chi connectivity index (χ0) is 24.2. The van der Waals surface area contributed by atoms with Gasteiger partial charge in [0.15, 0.2) is 0 Å². The maximum Gasteiger partial charge on any atom is 0.460 e. The fraction of sp³-hybridized carbons (Fsp3) is 0.368. The van der Waals surface area contributed by atoms with Crippen molar-refractivity contribution in [3.63, 3.8) is 0 Å². The molecule has 0 saturated carbocycles. The standard InChI is InChI=1S/C19H15F9IO2P/c20-16(21,17(22,23)18(24,25)19(26,27)28)11-13(29)12-32(30-14-7-3-1-4-8-14)31-15-9-5-2-6-10-15/h1-10,13H,11-12H2. The lowest BCUT2D eigenvalue weighted by atomic mass is 10.00. The lowest BCUT2D eigenvalue weighted by molar-refractivity contribution is -0.396. The molecule has 0 aromatic heterocycles. The van der Waals surface area contributed by atoms with Gasteiger partial charge in [0, 0.05) is 10.3 Å². The molecule has 0 aliphatic heterocycles. The third-order valence-corrected chi connectivity index (χ3v) is 7.08. The molecule has 13 heteroatoms. The van der Waals surface area contributed by atoms with Crippen LogP contribution in [0.15, 0.2) is 60.7 Å². The first-order chi connectivity index (χ1) is 14.7. The van der Waals surface area contributed by atoms with E-state index in [0.29, 0.717) is 0 Å². The predicted molar refractivity (Wildman–Crippen MR) is 109 cm³/mol. The Labute approximate surface area is 192 Å². The minimum Gasteiger partial charge on any atom is -0.439 e. The SMILES string of the molecule is FC(F)(F)C(F)(F)C(F)(F)C(F)(F)CC(I)CP(Oc1ccccc1)Oc1ccccc1. The van der Waals surface area contributed by atoms with Gasteiger partial charge in [-0.25, -0.2) is 0 Å². The summed E-state index contributed by atoms with van der Waals surface area (Å²) in [4.78, 5) is 0. The Bertz CT molecular complexity index is 809. The Morgan fingerprint density at radius 1 is 0.688 bits per heavy atom. The highest BCUT2D eigenvalue weighted by Crippen LogP contribution is 2.55. The molecule has 0 bridgehead atoms. The van der Waals surface area contributed by atoms with Crippen molar-refractivity contribution in [2.24, 2.45) is 0 Å². The van der Waals surface area contributed by atoms with E-state index < -0.39 is 48.8 Å². The molecular weight excluding hydrogens is 589 g/mol. The second kappa shape index (κ2) is 10.2. The molecule has 0 heterocycles. The van der Waals surface area contributed by atoms with Crippen molar-refractivity contribution >= 4 is 31.0 Å². The van der Waals surface area contributed by atoms with Gasteiger partial charge >= 0.3 is 23.9 Å². The number of alkyl halides is 10. The van der Waals surface area contributed by atoms with E-state index in [-0.39, 0.29) is 11.5 Å². The van der Waals surface area contributed by atoms with E-state index in [2.05, 4.69) is 0 Å². The van der Waals surface area contributed by atoms with Gasteiger partial charge in [0.25, 0.3) is 8.38 Å². The molecule has 0 saturated heterocycles. The highest BCUT2D eigenvalue weighted by Gasteiger charge is 2.81. The Kier molecular flexibility index (Phi) is 8.58. The minimum absolute atomic E-state index is 0.263. The second-order valence-electron chi connectivity index (χ2n) is 6.48. The van der Waals surface area contributed by atoms with Crippen molar-refractivity contribution in [1.29, 1.82) is 0 Å². The summed E-state index contributed by atoms with van der Waals surface area (Å²) in [6.45, 7) is 0. The van der Waals surface area contributed by atoms with Crippen LogP contribution in [0.4, 0.5) is 39.5 Å². The summed E-state index contributed by atoms with van der Waals surface area (Å²) in [5.41, 5.74) is 0. The summed E-state index contributed by atoms with van der Waals surface area (Å²) in [6.07, 6.45) is -9.26. The number of para-hydroxylation sites is 2. The van der Waals surface area contributed by atoms with Crippen molar-refractivity contribution in [3.8, 4) is 11.5 Å². The van der Waals surface area contributed by atoms with Crippen LogP contribution in [-0.2, 0) is 0 Å². The van der Waals surface area contributed by atoms with Gasteiger partial charge in [-0.3, -0.25) is 0 Å².